The van der Waals surface area contributed by atoms with Crippen LogP contribution in [0.1, 0.15) is 6.92 Å². The fourth-order valence-corrected chi connectivity index (χ4v) is 0.235. The molecule has 0 amide bonds. The third kappa shape index (κ3) is 3.50. The number of hydrogen-bond acceptors (Lipinski definition) is 4. The van der Waals surface area contributed by atoms with Gasteiger partial charge in [-0.2, -0.15) is 5.26 Å². The van der Waals surface area contributed by atoms with Gasteiger partial charge < -0.3 is 10.5 Å². The minimum Gasteiger partial charge on any atom is -0.449 e. The van der Waals surface area contributed by atoms with E-state index in [1.54, 1.807) is 6.07 Å². The lowest BCUT2D eigenvalue weighted by Gasteiger charge is -2.00. The maximum atomic E-state index is 10.4. The summed E-state index contributed by atoms with van der Waals surface area (Å²) in [6, 6.07) is 1.01. The molecular formula is C5H8N2O2. The summed E-state index contributed by atoms with van der Waals surface area (Å²) in [6.45, 7) is 1.28. The molecule has 4 heteroatoms. The largest absolute Gasteiger partial charge is 0.449 e. The van der Waals surface area contributed by atoms with Crippen molar-refractivity contribution in [3.8, 4) is 6.07 Å². The Hall–Kier alpha value is -1.08. The summed E-state index contributed by atoms with van der Waals surface area (Å²) in [5.74, 6) is -0.545. The number of nitriles is 1. The predicted octanol–water partition coefficient (Wildman–Crippen LogP) is -0.600. The molecule has 0 aliphatic heterocycles. The van der Waals surface area contributed by atoms with Gasteiger partial charge in [0.15, 0.2) is 6.61 Å². The lowest BCUT2D eigenvalue weighted by atomic mass is 10.4. The number of hydrogen-bond donors (Lipinski definition) is 1. The number of nitrogens with zero attached hydrogens (tertiary/aromatic N) is 1. The van der Waals surface area contributed by atoms with Crippen LogP contribution in [-0.4, -0.2) is 18.6 Å². The lowest BCUT2D eigenvalue weighted by molar-refractivity contribution is -0.143. The number of carbonyl (C=O) groups excluding carboxylic acids is 1. The molecule has 0 radical (unpaired) electrons. The number of nitrogens with two attached hydrogens (primary N) is 1. The van der Waals surface area contributed by atoms with Crippen LogP contribution in [0, 0.1) is 11.3 Å². The molecule has 2 N–H and O–H groups in total. The Bertz CT molecular complexity index is 136. The summed E-state index contributed by atoms with van der Waals surface area (Å²) in [4.78, 5) is 10.4. The molecule has 1 unspecified atom stereocenters. The highest BCUT2D eigenvalue weighted by Gasteiger charge is 2.06. The van der Waals surface area contributed by atoms with Gasteiger partial charge in [-0.25, -0.2) is 0 Å². The zero-order valence-electron chi connectivity index (χ0n) is 5.13. The van der Waals surface area contributed by atoms with E-state index in [0.717, 1.165) is 0 Å². The fraction of sp³-hybridized carbons (Fsp3) is 0.600. The molecule has 50 valence electrons. The predicted molar refractivity (Wildman–Crippen MR) is 30.2 cm³/mol. The third-order valence-corrected chi connectivity index (χ3v) is 0.651. The van der Waals surface area contributed by atoms with Crippen molar-refractivity contribution < 1.29 is 9.53 Å². The Labute approximate surface area is 53.2 Å². The van der Waals surface area contributed by atoms with E-state index in [1.807, 2.05) is 0 Å². The van der Waals surface area contributed by atoms with Crippen molar-refractivity contribution >= 4 is 5.97 Å². The van der Waals surface area contributed by atoms with Gasteiger partial charge in [-0.15, -0.1) is 0 Å². The number of esters is 1. The molecule has 0 bridgehead atoms. The maximum absolute atomic E-state index is 10.4. The second-order valence-corrected chi connectivity index (χ2v) is 1.55. The SMILES string of the molecule is CC(N)C(=O)OCC#N. The Balaban J connectivity index is 3.42. The molecule has 0 rings (SSSR count). The van der Waals surface area contributed by atoms with Gasteiger partial charge in [-0.05, 0) is 6.92 Å². The number of rotatable bonds is 2. The smallest absolute Gasteiger partial charge is 0.323 e. The molecule has 0 aromatic rings. The van der Waals surface area contributed by atoms with E-state index < -0.39 is 12.0 Å². The third-order valence-electron chi connectivity index (χ3n) is 0.651. The average molecular weight is 128 g/mol. The summed E-state index contributed by atoms with van der Waals surface area (Å²) in [6.07, 6.45) is 0. The first-order valence-electron chi connectivity index (χ1n) is 2.47. The van der Waals surface area contributed by atoms with Crippen molar-refractivity contribution in [3.63, 3.8) is 0 Å². The van der Waals surface area contributed by atoms with E-state index >= 15 is 0 Å². The first-order chi connectivity index (χ1) is 4.18. The molecule has 0 saturated heterocycles. The van der Waals surface area contributed by atoms with E-state index in [0.29, 0.717) is 0 Å². The molecule has 0 aliphatic carbocycles. The molecule has 0 aromatic carbocycles. The molecule has 9 heavy (non-hydrogen) atoms. The standard InChI is InChI=1S/C5H8N2O2/c1-4(7)5(8)9-3-2-6/h4H,3,7H2,1H3. The monoisotopic (exact) mass is 128 g/mol. The van der Waals surface area contributed by atoms with Crippen LogP contribution in [0.4, 0.5) is 0 Å². The maximum Gasteiger partial charge on any atom is 0.323 e. The first-order valence-corrected chi connectivity index (χ1v) is 2.47. The van der Waals surface area contributed by atoms with E-state index in [2.05, 4.69) is 4.74 Å². The molecule has 0 heterocycles. The molecule has 0 aromatic heterocycles. The first kappa shape index (κ1) is 7.92. The van der Waals surface area contributed by atoms with E-state index in [4.69, 9.17) is 11.0 Å². The number of ether oxygens (including phenoxy) is 1. The van der Waals surface area contributed by atoms with Gasteiger partial charge in [0.25, 0.3) is 0 Å². The van der Waals surface area contributed by atoms with Gasteiger partial charge in [-0.3, -0.25) is 4.79 Å². The Morgan fingerprint density at radius 3 is 2.89 bits per heavy atom. The van der Waals surface area contributed by atoms with Crippen LogP contribution < -0.4 is 5.73 Å². The van der Waals surface area contributed by atoms with Crippen molar-refractivity contribution in [2.45, 2.75) is 13.0 Å². The van der Waals surface area contributed by atoms with Gasteiger partial charge in [0, 0.05) is 0 Å². The van der Waals surface area contributed by atoms with Crippen LogP contribution in [0.5, 0.6) is 0 Å². The second kappa shape index (κ2) is 3.87. The Morgan fingerprint density at radius 2 is 2.56 bits per heavy atom. The van der Waals surface area contributed by atoms with Crippen molar-refractivity contribution in [3.05, 3.63) is 0 Å². The summed E-state index contributed by atoms with van der Waals surface area (Å²) in [5.41, 5.74) is 5.09. The normalized spacial score (nSPS) is 11.7. The van der Waals surface area contributed by atoms with Gasteiger partial charge >= 0.3 is 5.97 Å². The second-order valence-electron chi connectivity index (χ2n) is 1.55. The molecule has 0 spiro atoms. The Kier molecular flexibility index (Phi) is 3.40. The minimum atomic E-state index is -0.640. The van der Waals surface area contributed by atoms with E-state index in [1.165, 1.54) is 6.92 Å². The molecular weight excluding hydrogens is 120 g/mol. The van der Waals surface area contributed by atoms with Gasteiger partial charge in [-0.1, -0.05) is 0 Å². The van der Waals surface area contributed by atoms with Crippen LogP contribution in [0.2, 0.25) is 0 Å². The molecule has 4 nitrogen and oxygen atoms in total. The van der Waals surface area contributed by atoms with Crippen LogP contribution in [-0.2, 0) is 9.53 Å². The lowest BCUT2D eigenvalue weighted by Crippen LogP contribution is -2.28. The van der Waals surface area contributed by atoms with Crippen molar-refractivity contribution in [2.75, 3.05) is 6.61 Å². The average Bonchev–Trinajstić information content (AvgIpc) is 1.82. The molecule has 0 aliphatic rings. The highest BCUT2D eigenvalue weighted by atomic mass is 16.5. The fourth-order valence-electron chi connectivity index (χ4n) is 0.235. The van der Waals surface area contributed by atoms with Gasteiger partial charge in [0.05, 0.1) is 0 Å². The summed E-state index contributed by atoms with van der Waals surface area (Å²) in [5, 5.41) is 7.93. The summed E-state index contributed by atoms with van der Waals surface area (Å²) in [7, 11) is 0. The van der Waals surface area contributed by atoms with E-state index in [9.17, 15) is 4.79 Å². The quantitative estimate of drug-likeness (QED) is 0.504. The van der Waals surface area contributed by atoms with Crippen LogP contribution >= 0.6 is 0 Å². The van der Waals surface area contributed by atoms with Gasteiger partial charge in [0.1, 0.15) is 12.1 Å². The van der Waals surface area contributed by atoms with Crippen molar-refractivity contribution in [2.24, 2.45) is 5.73 Å². The van der Waals surface area contributed by atoms with E-state index in [-0.39, 0.29) is 6.61 Å². The zero-order valence-corrected chi connectivity index (χ0v) is 5.13. The van der Waals surface area contributed by atoms with Gasteiger partial charge in [0.2, 0.25) is 0 Å². The molecule has 0 saturated carbocycles. The summed E-state index contributed by atoms with van der Waals surface area (Å²) < 4.78 is 4.33. The zero-order chi connectivity index (χ0) is 7.28. The Morgan fingerprint density at radius 1 is 2.00 bits per heavy atom. The van der Waals surface area contributed by atoms with Crippen molar-refractivity contribution in [1.82, 2.24) is 0 Å². The highest BCUT2D eigenvalue weighted by molar-refractivity contribution is 5.74. The van der Waals surface area contributed by atoms with Crippen LogP contribution in [0.25, 0.3) is 0 Å². The minimum absolute atomic E-state index is 0.222. The topological polar surface area (TPSA) is 76.1 Å². The van der Waals surface area contributed by atoms with Crippen LogP contribution in [0.15, 0.2) is 0 Å². The van der Waals surface area contributed by atoms with Crippen molar-refractivity contribution in [1.29, 1.82) is 5.26 Å². The number of carbonyl (C=O) groups is 1. The molecule has 1 atom stereocenters. The summed E-state index contributed by atoms with van der Waals surface area (Å²) >= 11 is 0. The van der Waals surface area contributed by atoms with Crippen LogP contribution in [0.3, 0.4) is 0 Å². The molecule has 0 fully saturated rings. The highest BCUT2D eigenvalue weighted by Crippen LogP contribution is 1.81.